The summed E-state index contributed by atoms with van der Waals surface area (Å²) in [6.07, 6.45) is 0.376. The molecule has 0 saturated carbocycles. The van der Waals surface area contributed by atoms with Gasteiger partial charge in [0.25, 0.3) is 0 Å². The molecule has 0 aliphatic carbocycles. The first-order valence-corrected chi connectivity index (χ1v) is 5.30. The fraction of sp³-hybridized carbons (Fsp3) is 0.333. The van der Waals surface area contributed by atoms with Crippen molar-refractivity contribution < 1.29 is 19.8 Å². The average molecular weight is 237 g/mol. The molecule has 3 N–H and O–H groups in total. The Kier molecular flexibility index (Phi) is 4.51. The van der Waals surface area contributed by atoms with Gasteiger partial charge in [-0.1, -0.05) is 6.07 Å². The minimum absolute atomic E-state index is 0.0107. The van der Waals surface area contributed by atoms with Crippen LogP contribution in [0.25, 0.3) is 0 Å². The predicted molar refractivity (Wildman–Crippen MR) is 63.0 cm³/mol. The Bertz CT molecular complexity index is 429. The van der Waals surface area contributed by atoms with E-state index in [0.29, 0.717) is 5.69 Å². The molecule has 0 saturated heterocycles. The third-order valence-corrected chi connectivity index (χ3v) is 2.22. The topological polar surface area (TPSA) is 86.6 Å². The molecule has 0 atom stereocenters. The quantitative estimate of drug-likeness (QED) is 0.682. The number of aromatic hydroxyl groups is 1. The Morgan fingerprint density at radius 1 is 1.29 bits per heavy atom. The zero-order valence-corrected chi connectivity index (χ0v) is 9.56. The number of carbonyl (C=O) groups is 2. The van der Waals surface area contributed by atoms with Gasteiger partial charge in [0.15, 0.2) is 0 Å². The van der Waals surface area contributed by atoms with E-state index in [2.05, 4.69) is 5.32 Å². The van der Waals surface area contributed by atoms with Gasteiger partial charge in [0.1, 0.15) is 5.75 Å². The Hall–Kier alpha value is -2.04. The molecule has 1 aromatic rings. The fourth-order valence-electron chi connectivity index (χ4n) is 1.36. The summed E-state index contributed by atoms with van der Waals surface area (Å²) in [6.45, 7) is 1.83. The SMILES string of the molecule is Cc1ccc(NC(=O)CCCC(=O)O)c(O)c1. The summed E-state index contributed by atoms with van der Waals surface area (Å²) in [5.74, 6) is -1.21. The highest BCUT2D eigenvalue weighted by Gasteiger charge is 2.07. The van der Waals surface area contributed by atoms with Crippen LogP contribution in [-0.4, -0.2) is 22.1 Å². The van der Waals surface area contributed by atoms with Crippen molar-refractivity contribution in [1.82, 2.24) is 0 Å². The summed E-state index contributed by atoms with van der Waals surface area (Å²) in [5, 5.41) is 20.5. The first-order valence-electron chi connectivity index (χ1n) is 5.30. The molecular weight excluding hydrogens is 222 g/mol. The number of aryl methyl sites for hydroxylation is 1. The molecule has 1 rings (SSSR count). The van der Waals surface area contributed by atoms with E-state index in [1.165, 1.54) is 0 Å². The number of hydrogen-bond donors (Lipinski definition) is 3. The molecule has 0 bridgehead atoms. The van der Waals surface area contributed by atoms with Gasteiger partial charge in [-0.2, -0.15) is 0 Å². The number of amides is 1. The minimum atomic E-state index is -0.920. The van der Waals surface area contributed by atoms with Crippen molar-refractivity contribution >= 4 is 17.6 Å². The number of hydrogen-bond acceptors (Lipinski definition) is 3. The number of carboxylic acids is 1. The van der Waals surface area contributed by atoms with Gasteiger partial charge in [-0.15, -0.1) is 0 Å². The van der Waals surface area contributed by atoms with E-state index in [4.69, 9.17) is 5.11 Å². The van der Waals surface area contributed by atoms with Gasteiger partial charge in [0.2, 0.25) is 5.91 Å². The summed E-state index contributed by atoms with van der Waals surface area (Å²) in [5.41, 5.74) is 1.24. The molecule has 0 spiro atoms. The Labute approximate surface area is 99.1 Å². The lowest BCUT2D eigenvalue weighted by atomic mass is 10.2. The van der Waals surface area contributed by atoms with Crippen molar-refractivity contribution in [1.29, 1.82) is 0 Å². The average Bonchev–Trinajstić information content (AvgIpc) is 2.21. The number of nitrogens with one attached hydrogen (secondary N) is 1. The standard InChI is InChI=1S/C12H15NO4/c1-8-5-6-9(10(14)7-8)13-11(15)3-2-4-12(16)17/h5-7,14H,2-4H2,1H3,(H,13,15)(H,16,17). The second-order valence-electron chi connectivity index (χ2n) is 3.82. The maximum absolute atomic E-state index is 11.4. The van der Waals surface area contributed by atoms with Crippen molar-refractivity contribution in [2.24, 2.45) is 0 Å². The molecule has 0 radical (unpaired) electrons. The number of carboxylic acid groups (broad SMARTS) is 1. The zero-order valence-electron chi connectivity index (χ0n) is 9.56. The highest BCUT2D eigenvalue weighted by Crippen LogP contribution is 2.23. The second kappa shape index (κ2) is 5.89. The van der Waals surface area contributed by atoms with Gasteiger partial charge < -0.3 is 15.5 Å². The highest BCUT2D eigenvalue weighted by atomic mass is 16.4. The molecule has 0 aliphatic rings. The van der Waals surface area contributed by atoms with Crippen LogP contribution in [0.2, 0.25) is 0 Å². The van der Waals surface area contributed by atoms with Gasteiger partial charge in [0, 0.05) is 12.8 Å². The van der Waals surface area contributed by atoms with Crippen LogP contribution >= 0.6 is 0 Å². The molecule has 0 unspecified atom stereocenters. The molecule has 0 fully saturated rings. The van der Waals surface area contributed by atoms with Crippen LogP contribution in [0.15, 0.2) is 18.2 Å². The third-order valence-electron chi connectivity index (χ3n) is 2.22. The third kappa shape index (κ3) is 4.55. The summed E-state index contributed by atoms with van der Waals surface area (Å²) < 4.78 is 0. The lowest BCUT2D eigenvalue weighted by Gasteiger charge is -2.07. The van der Waals surface area contributed by atoms with Crippen LogP contribution in [-0.2, 0) is 9.59 Å². The number of anilines is 1. The number of carbonyl (C=O) groups excluding carboxylic acids is 1. The highest BCUT2D eigenvalue weighted by molar-refractivity contribution is 5.92. The van der Waals surface area contributed by atoms with Gasteiger partial charge in [-0.25, -0.2) is 0 Å². The van der Waals surface area contributed by atoms with Crippen molar-refractivity contribution in [3.63, 3.8) is 0 Å². The zero-order chi connectivity index (χ0) is 12.8. The van der Waals surface area contributed by atoms with Crippen LogP contribution in [0.5, 0.6) is 5.75 Å². The fourth-order valence-corrected chi connectivity index (χ4v) is 1.36. The Morgan fingerprint density at radius 3 is 2.59 bits per heavy atom. The largest absolute Gasteiger partial charge is 0.506 e. The van der Waals surface area contributed by atoms with E-state index in [9.17, 15) is 14.7 Å². The summed E-state index contributed by atoms with van der Waals surface area (Å²) in [7, 11) is 0. The lowest BCUT2D eigenvalue weighted by molar-refractivity contribution is -0.137. The molecular formula is C12H15NO4. The Balaban J connectivity index is 2.48. The van der Waals surface area contributed by atoms with E-state index in [0.717, 1.165) is 5.56 Å². The van der Waals surface area contributed by atoms with E-state index in [1.54, 1.807) is 18.2 Å². The van der Waals surface area contributed by atoms with E-state index < -0.39 is 5.97 Å². The van der Waals surface area contributed by atoms with Crippen LogP contribution in [0.4, 0.5) is 5.69 Å². The summed E-state index contributed by atoms with van der Waals surface area (Å²) >= 11 is 0. The van der Waals surface area contributed by atoms with E-state index in [-0.39, 0.29) is 30.9 Å². The molecule has 5 heteroatoms. The first-order chi connectivity index (χ1) is 7.99. The maximum atomic E-state index is 11.4. The molecule has 92 valence electrons. The molecule has 0 heterocycles. The number of benzene rings is 1. The van der Waals surface area contributed by atoms with Crippen molar-refractivity contribution in [2.75, 3.05) is 5.32 Å². The minimum Gasteiger partial charge on any atom is -0.506 e. The van der Waals surface area contributed by atoms with Crippen LogP contribution in [0.1, 0.15) is 24.8 Å². The molecule has 1 amide bonds. The van der Waals surface area contributed by atoms with Crippen LogP contribution < -0.4 is 5.32 Å². The number of phenolic OH excluding ortho intramolecular Hbond substituents is 1. The first kappa shape index (κ1) is 13.0. The van der Waals surface area contributed by atoms with Crippen molar-refractivity contribution in [3.05, 3.63) is 23.8 Å². The number of rotatable bonds is 5. The van der Waals surface area contributed by atoms with Gasteiger partial charge in [0.05, 0.1) is 5.69 Å². The predicted octanol–water partition coefficient (Wildman–Crippen LogP) is 1.89. The van der Waals surface area contributed by atoms with E-state index in [1.807, 2.05) is 6.92 Å². The second-order valence-corrected chi connectivity index (χ2v) is 3.82. The van der Waals surface area contributed by atoms with Crippen LogP contribution in [0.3, 0.4) is 0 Å². The number of phenols is 1. The number of aliphatic carboxylic acids is 1. The van der Waals surface area contributed by atoms with Gasteiger partial charge >= 0.3 is 5.97 Å². The Morgan fingerprint density at radius 2 is 2.00 bits per heavy atom. The normalized spacial score (nSPS) is 9.94. The molecule has 5 nitrogen and oxygen atoms in total. The summed E-state index contributed by atoms with van der Waals surface area (Å²) in [6, 6.07) is 4.93. The molecule has 17 heavy (non-hydrogen) atoms. The van der Waals surface area contributed by atoms with Gasteiger partial charge in [-0.3, -0.25) is 9.59 Å². The van der Waals surface area contributed by atoms with Crippen molar-refractivity contribution in [2.45, 2.75) is 26.2 Å². The maximum Gasteiger partial charge on any atom is 0.303 e. The van der Waals surface area contributed by atoms with Crippen molar-refractivity contribution in [3.8, 4) is 5.75 Å². The smallest absolute Gasteiger partial charge is 0.303 e. The monoisotopic (exact) mass is 237 g/mol. The van der Waals surface area contributed by atoms with Crippen LogP contribution in [0, 0.1) is 6.92 Å². The molecule has 0 aliphatic heterocycles. The van der Waals surface area contributed by atoms with E-state index >= 15 is 0 Å². The van der Waals surface area contributed by atoms with Gasteiger partial charge in [-0.05, 0) is 31.0 Å². The molecule has 0 aromatic heterocycles. The summed E-state index contributed by atoms with van der Waals surface area (Å²) in [4.78, 5) is 21.7. The molecule has 1 aromatic carbocycles. The lowest BCUT2D eigenvalue weighted by Crippen LogP contribution is -2.12.